The van der Waals surface area contributed by atoms with Gasteiger partial charge in [-0.2, -0.15) is 0 Å². The molecule has 2 aromatic heterocycles. The summed E-state index contributed by atoms with van der Waals surface area (Å²) in [6.07, 6.45) is 3.14. The second-order valence-corrected chi connectivity index (χ2v) is 11.5. The van der Waals surface area contributed by atoms with Crippen LogP contribution < -0.4 is 25.1 Å². The molecule has 2 unspecified atom stereocenters. The molecular formula is C34H33FN4O6. The fourth-order valence-electron chi connectivity index (χ4n) is 5.94. The number of aliphatic hydroxyl groups excluding tert-OH is 1. The second kappa shape index (κ2) is 11.2. The lowest BCUT2D eigenvalue weighted by Crippen LogP contribution is -2.24. The predicted octanol–water partition coefficient (Wildman–Crippen LogP) is 5.78. The molecule has 0 bridgehead atoms. The summed E-state index contributed by atoms with van der Waals surface area (Å²) in [5, 5.41) is 14.5. The van der Waals surface area contributed by atoms with E-state index < -0.39 is 12.0 Å². The summed E-state index contributed by atoms with van der Waals surface area (Å²) in [4.78, 5) is 17.7. The molecule has 2 N–H and O–H groups in total. The van der Waals surface area contributed by atoms with Gasteiger partial charge in [-0.3, -0.25) is 14.5 Å². The number of ether oxygens (including phenoxy) is 4. The van der Waals surface area contributed by atoms with Gasteiger partial charge in [0.05, 0.1) is 36.1 Å². The average molecular weight is 613 g/mol. The fraction of sp³-hybridized carbons (Fsp3) is 0.294. The maximum absolute atomic E-state index is 15.4. The van der Waals surface area contributed by atoms with Gasteiger partial charge in [0.25, 0.3) is 5.56 Å². The van der Waals surface area contributed by atoms with Crippen molar-refractivity contribution in [2.24, 2.45) is 7.05 Å². The SMILES string of the molecule is COc1cc2c(Oc3ccc(NC(O)c4c(C)n(C)n(-c5ccccc5)c4=O)cc3F)ccnc2cc1OC1COC2(CC2)C1. The van der Waals surface area contributed by atoms with Crippen molar-refractivity contribution in [3.05, 3.63) is 100 Å². The first kappa shape index (κ1) is 28.9. The molecule has 0 radical (unpaired) electrons. The molecule has 2 aliphatic rings. The number of fused-ring (bicyclic) bond motifs is 1. The molecule has 2 atom stereocenters. The number of hydrogen-bond donors (Lipinski definition) is 2. The molecule has 1 aliphatic carbocycles. The molecule has 7 rings (SSSR count). The van der Waals surface area contributed by atoms with Crippen molar-refractivity contribution in [1.29, 1.82) is 0 Å². The van der Waals surface area contributed by atoms with E-state index in [4.69, 9.17) is 18.9 Å². The van der Waals surface area contributed by atoms with Crippen LogP contribution in [0.5, 0.6) is 23.0 Å². The van der Waals surface area contributed by atoms with Crippen LogP contribution >= 0.6 is 0 Å². The number of anilines is 1. The lowest BCUT2D eigenvalue weighted by molar-refractivity contribution is 0.0781. The number of pyridine rings is 1. The Hall–Kier alpha value is -4.87. The summed E-state index contributed by atoms with van der Waals surface area (Å²) in [5.74, 6) is 0.763. The lowest BCUT2D eigenvalue weighted by atomic mass is 10.1. The number of rotatable bonds is 9. The average Bonchev–Trinajstić information content (AvgIpc) is 3.61. The van der Waals surface area contributed by atoms with E-state index in [2.05, 4.69) is 10.3 Å². The highest BCUT2D eigenvalue weighted by Crippen LogP contribution is 2.48. The van der Waals surface area contributed by atoms with Crippen LogP contribution in [0.3, 0.4) is 0 Å². The van der Waals surface area contributed by atoms with E-state index in [0.29, 0.717) is 46.1 Å². The van der Waals surface area contributed by atoms with Gasteiger partial charge in [-0.05, 0) is 56.2 Å². The Bertz CT molecular complexity index is 1950. The van der Waals surface area contributed by atoms with Gasteiger partial charge < -0.3 is 29.4 Å². The molecule has 1 saturated carbocycles. The molecule has 5 aromatic rings. The highest BCUT2D eigenvalue weighted by Gasteiger charge is 2.51. The van der Waals surface area contributed by atoms with E-state index in [-0.39, 0.29) is 34.3 Å². The Balaban J connectivity index is 1.10. The maximum atomic E-state index is 15.4. The van der Waals surface area contributed by atoms with Crippen molar-refractivity contribution in [2.75, 3.05) is 19.0 Å². The summed E-state index contributed by atoms with van der Waals surface area (Å²) in [7, 11) is 3.30. The maximum Gasteiger partial charge on any atom is 0.279 e. The zero-order valence-corrected chi connectivity index (χ0v) is 25.1. The third-order valence-electron chi connectivity index (χ3n) is 8.59. The number of methoxy groups -OCH3 is 1. The molecule has 11 heteroatoms. The number of benzene rings is 3. The monoisotopic (exact) mass is 612 g/mol. The van der Waals surface area contributed by atoms with E-state index in [1.54, 1.807) is 56.2 Å². The third kappa shape index (κ3) is 5.38. The van der Waals surface area contributed by atoms with Crippen LogP contribution in [-0.2, 0) is 11.8 Å². The second-order valence-electron chi connectivity index (χ2n) is 11.5. The minimum atomic E-state index is -1.38. The van der Waals surface area contributed by atoms with Crippen LogP contribution in [0.2, 0.25) is 0 Å². The van der Waals surface area contributed by atoms with E-state index in [0.717, 1.165) is 19.3 Å². The van der Waals surface area contributed by atoms with Gasteiger partial charge in [0.2, 0.25) is 0 Å². The standard InChI is InChI=1S/C34H33FN4O6/c1-20-31(33(41)39(38(20)2)22-7-5-4-6-8-22)32(40)37-21-9-10-28(25(35)15-21)45-27-11-14-36-26-17-30(29(42-3)16-24(26)27)44-23-18-34(12-13-34)43-19-23/h4-11,14-17,23,32,37,40H,12-13,18-19H2,1-3H3. The van der Waals surface area contributed by atoms with Gasteiger partial charge in [-0.15, -0.1) is 0 Å². The van der Waals surface area contributed by atoms with E-state index in [1.165, 1.54) is 16.8 Å². The quantitative estimate of drug-likeness (QED) is 0.202. The Morgan fingerprint density at radius 3 is 2.58 bits per heavy atom. The number of nitrogens with one attached hydrogen (secondary N) is 1. The van der Waals surface area contributed by atoms with Crippen LogP contribution in [0.4, 0.5) is 10.1 Å². The van der Waals surface area contributed by atoms with Gasteiger partial charge in [0, 0.05) is 48.6 Å². The molecule has 232 valence electrons. The number of aliphatic hydroxyl groups is 1. The van der Waals surface area contributed by atoms with E-state index >= 15 is 4.39 Å². The van der Waals surface area contributed by atoms with Crippen LogP contribution in [0, 0.1) is 12.7 Å². The van der Waals surface area contributed by atoms with E-state index in [9.17, 15) is 9.90 Å². The first-order chi connectivity index (χ1) is 21.7. The first-order valence-electron chi connectivity index (χ1n) is 14.8. The number of para-hydroxylation sites is 1. The molecule has 3 heterocycles. The predicted molar refractivity (Wildman–Crippen MR) is 166 cm³/mol. The van der Waals surface area contributed by atoms with Crippen LogP contribution in [-0.4, -0.2) is 44.9 Å². The van der Waals surface area contributed by atoms with Crippen molar-refractivity contribution < 1.29 is 28.4 Å². The summed E-state index contributed by atoms with van der Waals surface area (Å²) >= 11 is 0. The zero-order chi connectivity index (χ0) is 31.3. The van der Waals surface area contributed by atoms with Gasteiger partial charge in [0.1, 0.15) is 11.9 Å². The van der Waals surface area contributed by atoms with Gasteiger partial charge in [-0.1, -0.05) is 18.2 Å². The summed E-state index contributed by atoms with van der Waals surface area (Å²) in [5.41, 5.74) is 1.89. The molecule has 0 amide bonds. The summed E-state index contributed by atoms with van der Waals surface area (Å²) in [6, 6.07) is 18.6. The summed E-state index contributed by atoms with van der Waals surface area (Å²) in [6.45, 7) is 2.28. The minimum absolute atomic E-state index is 0.00825. The Morgan fingerprint density at radius 2 is 1.87 bits per heavy atom. The summed E-state index contributed by atoms with van der Waals surface area (Å²) < 4.78 is 42.3. The van der Waals surface area contributed by atoms with Crippen molar-refractivity contribution in [2.45, 2.75) is 44.1 Å². The van der Waals surface area contributed by atoms with E-state index in [1.807, 2.05) is 30.3 Å². The van der Waals surface area contributed by atoms with Crippen molar-refractivity contribution >= 4 is 16.6 Å². The van der Waals surface area contributed by atoms with Crippen LogP contribution in [0.25, 0.3) is 16.6 Å². The highest BCUT2D eigenvalue weighted by atomic mass is 19.1. The third-order valence-corrected chi connectivity index (χ3v) is 8.59. The van der Waals surface area contributed by atoms with Crippen LogP contribution in [0.1, 0.15) is 36.7 Å². The largest absolute Gasteiger partial charge is 0.493 e. The number of halogens is 1. The fourth-order valence-corrected chi connectivity index (χ4v) is 5.94. The smallest absolute Gasteiger partial charge is 0.279 e. The Kier molecular flexibility index (Phi) is 7.22. The molecular weight excluding hydrogens is 579 g/mol. The number of hydrogen-bond acceptors (Lipinski definition) is 8. The number of aromatic nitrogens is 3. The Labute approximate surface area is 258 Å². The van der Waals surface area contributed by atoms with Crippen LogP contribution in [0.15, 0.2) is 77.7 Å². The molecule has 1 saturated heterocycles. The van der Waals surface area contributed by atoms with Gasteiger partial charge in [0.15, 0.2) is 29.3 Å². The normalized spacial score (nSPS) is 17.4. The lowest BCUT2D eigenvalue weighted by Gasteiger charge is -2.17. The van der Waals surface area contributed by atoms with Crippen molar-refractivity contribution in [1.82, 2.24) is 14.3 Å². The van der Waals surface area contributed by atoms with Gasteiger partial charge in [-0.25, -0.2) is 9.07 Å². The molecule has 3 aromatic carbocycles. The molecule has 1 spiro atoms. The topological polar surface area (TPSA) is 109 Å². The molecule has 45 heavy (non-hydrogen) atoms. The van der Waals surface area contributed by atoms with Crippen molar-refractivity contribution in [3.63, 3.8) is 0 Å². The molecule has 10 nitrogen and oxygen atoms in total. The highest BCUT2D eigenvalue weighted by molar-refractivity contribution is 5.88. The first-order valence-corrected chi connectivity index (χ1v) is 14.8. The molecule has 2 fully saturated rings. The minimum Gasteiger partial charge on any atom is -0.493 e. The number of nitrogens with zero attached hydrogens (tertiary/aromatic N) is 3. The molecule has 1 aliphatic heterocycles. The van der Waals surface area contributed by atoms with Crippen molar-refractivity contribution in [3.8, 4) is 28.7 Å². The Morgan fingerprint density at radius 1 is 1.07 bits per heavy atom. The van der Waals surface area contributed by atoms with Gasteiger partial charge >= 0.3 is 0 Å². The zero-order valence-electron chi connectivity index (χ0n) is 25.1.